The Hall–Kier alpha value is -0.580. The van der Waals surface area contributed by atoms with Crippen LogP contribution < -0.4 is 5.32 Å². The van der Waals surface area contributed by atoms with E-state index >= 15 is 0 Å². The molecule has 3 heterocycles. The number of nitrogens with one attached hydrogen (secondary N) is 1. The van der Waals surface area contributed by atoms with E-state index in [4.69, 9.17) is 4.74 Å². The van der Waals surface area contributed by atoms with Crippen LogP contribution in [-0.4, -0.2) is 35.7 Å². The molecule has 3 atom stereocenters. The minimum absolute atomic E-state index is 0.152. The second kappa shape index (κ2) is 6.04. The Kier molecular flexibility index (Phi) is 4.34. The van der Waals surface area contributed by atoms with Crippen LogP contribution in [0.5, 0.6) is 0 Å². The van der Waals surface area contributed by atoms with Crippen LogP contribution in [0.25, 0.3) is 0 Å². The molecule has 2 aliphatic heterocycles. The maximum atomic E-state index is 6.15. The molecule has 3 unspecified atom stereocenters. The molecule has 2 fully saturated rings. The molecule has 3 rings (SSSR count). The molecule has 1 spiro atoms. The first-order valence-corrected chi connectivity index (χ1v) is 8.69. The Morgan fingerprint density at radius 2 is 2.45 bits per heavy atom. The smallest absolute Gasteiger partial charge is 0.0783 e. The number of ether oxygens (including phenoxy) is 1. The van der Waals surface area contributed by atoms with Crippen LogP contribution in [0.2, 0.25) is 0 Å². The normalized spacial score (nSPS) is 31.6. The zero-order valence-corrected chi connectivity index (χ0v) is 13.2. The van der Waals surface area contributed by atoms with Crippen LogP contribution in [0, 0.1) is 12.8 Å². The molecule has 4 heteroatoms. The van der Waals surface area contributed by atoms with Gasteiger partial charge in [0.15, 0.2) is 0 Å². The van der Waals surface area contributed by atoms with Crippen molar-refractivity contribution >= 4 is 11.8 Å². The summed E-state index contributed by atoms with van der Waals surface area (Å²) >= 11 is 2.04. The lowest BCUT2D eigenvalue weighted by Gasteiger charge is -2.41. The molecule has 0 aromatic carbocycles. The summed E-state index contributed by atoms with van der Waals surface area (Å²) in [5, 5.41) is 3.53. The zero-order valence-electron chi connectivity index (χ0n) is 12.4. The van der Waals surface area contributed by atoms with Crippen molar-refractivity contribution in [2.75, 3.05) is 25.2 Å². The van der Waals surface area contributed by atoms with Gasteiger partial charge >= 0.3 is 0 Å². The van der Waals surface area contributed by atoms with Gasteiger partial charge in [0, 0.05) is 30.8 Å². The minimum atomic E-state index is 0.152. The number of hydrogen-bond donors (Lipinski definition) is 1. The van der Waals surface area contributed by atoms with E-state index < -0.39 is 0 Å². The van der Waals surface area contributed by atoms with Crippen molar-refractivity contribution in [1.82, 2.24) is 10.3 Å². The first kappa shape index (κ1) is 14.4. The predicted molar refractivity (Wildman–Crippen MR) is 84.1 cm³/mol. The van der Waals surface area contributed by atoms with Crippen molar-refractivity contribution in [1.29, 1.82) is 0 Å². The van der Waals surface area contributed by atoms with Crippen LogP contribution in [-0.2, 0) is 4.74 Å². The molecule has 20 heavy (non-hydrogen) atoms. The Bertz CT molecular complexity index is 460. The van der Waals surface area contributed by atoms with Gasteiger partial charge in [0.05, 0.1) is 5.60 Å². The fraction of sp³-hybridized carbons (Fsp3) is 0.688. The highest BCUT2D eigenvalue weighted by atomic mass is 32.2. The number of aromatic nitrogens is 1. The Morgan fingerprint density at radius 1 is 1.55 bits per heavy atom. The molecule has 2 aliphatic rings. The first-order valence-electron chi connectivity index (χ1n) is 7.54. The predicted octanol–water partition coefficient (Wildman–Crippen LogP) is 2.95. The van der Waals surface area contributed by atoms with Gasteiger partial charge in [-0.3, -0.25) is 4.98 Å². The van der Waals surface area contributed by atoms with Crippen LogP contribution in [0.4, 0.5) is 0 Å². The lowest BCUT2D eigenvalue weighted by atomic mass is 9.78. The Labute approximate surface area is 125 Å². The number of pyridine rings is 1. The average molecular weight is 292 g/mol. The number of rotatable bonds is 3. The quantitative estimate of drug-likeness (QED) is 0.929. The molecule has 0 aliphatic carbocycles. The summed E-state index contributed by atoms with van der Waals surface area (Å²) in [4.78, 5) is 4.32. The molecule has 0 bridgehead atoms. The van der Waals surface area contributed by atoms with Crippen LogP contribution in [0.1, 0.15) is 36.4 Å². The summed E-state index contributed by atoms with van der Waals surface area (Å²) in [7, 11) is 2.07. The highest BCUT2D eigenvalue weighted by Gasteiger charge is 2.42. The molecular weight excluding hydrogens is 268 g/mol. The third-order valence-corrected chi connectivity index (χ3v) is 6.02. The van der Waals surface area contributed by atoms with E-state index in [9.17, 15) is 0 Å². The summed E-state index contributed by atoms with van der Waals surface area (Å²) in [6.07, 6.45) is 7.45. The van der Waals surface area contributed by atoms with Crippen molar-refractivity contribution in [3.05, 3.63) is 29.6 Å². The van der Waals surface area contributed by atoms with Crippen molar-refractivity contribution in [2.45, 2.75) is 37.8 Å². The largest absolute Gasteiger partial charge is 0.374 e. The molecular formula is C16H24N2OS. The van der Waals surface area contributed by atoms with Crippen molar-refractivity contribution < 1.29 is 4.74 Å². The standard InChI is InChI=1S/C16H24N2OS/c1-12-3-6-18-10-14(12)15(17-2)13-4-7-19-16(9-13)5-8-20-11-16/h3,6,10,13,15,17H,4-5,7-9,11H2,1-2H3. The van der Waals surface area contributed by atoms with Crippen LogP contribution >= 0.6 is 11.8 Å². The van der Waals surface area contributed by atoms with Gasteiger partial charge in [0.2, 0.25) is 0 Å². The first-order chi connectivity index (χ1) is 9.74. The Balaban J connectivity index is 1.81. The topological polar surface area (TPSA) is 34.2 Å². The van der Waals surface area contributed by atoms with Crippen molar-refractivity contribution in [2.24, 2.45) is 5.92 Å². The van der Waals surface area contributed by atoms with Gasteiger partial charge in [-0.1, -0.05) is 0 Å². The lowest BCUT2D eigenvalue weighted by Crippen LogP contribution is -2.43. The summed E-state index contributed by atoms with van der Waals surface area (Å²) in [5.41, 5.74) is 2.84. The van der Waals surface area contributed by atoms with Gasteiger partial charge in [0.1, 0.15) is 0 Å². The maximum Gasteiger partial charge on any atom is 0.0783 e. The van der Waals surface area contributed by atoms with E-state index in [-0.39, 0.29) is 5.60 Å². The van der Waals surface area contributed by atoms with Gasteiger partial charge in [-0.15, -0.1) is 0 Å². The maximum absolute atomic E-state index is 6.15. The second-order valence-corrected chi connectivity index (χ2v) is 7.19. The third kappa shape index (κ3) is 2.74. The Morgan fingerprint density at radius 3 is 3.15 bits per heavy atom. The molecule has 3 nitrogen and oxygen atoms in total. The number of thioether (sulfide) groups is 1. The monoisotopic (exact) mass is 292 g/mol. The minimum Gasteiger partial charge on any atom is -0.374 e. The molecule has 110 valence electrons. The van der Waals surface area contributed by atoms with E-state index in [2.05, 4.69) is 30.3 Å². The van der Waals surface area contributed by atoms with E-state index in [1.54, 1.807) is 0 Å². The van der Waals surface area contributed by atoms with E-state index in [0.717, 1.165) is 13.0 Å². The summed E-state index contributed by atoms with van der Waals surface area (Å²) in [5.74, 6) is 3.07. The lowest BCUT2D eigenvalue weighted by molar-refractivity contribution is -0.0851. The highest BCUT2D eigenvalue weighted by Crippen LogP contribution is 2.44. The number of hydrogen-bond acceptors (Lipinski definition) is 4. The zero-order chi connectivity index (χ0) is 14.0. The third-order valence-electron chi connectivity index (χ3n) is 4.80. The molecule has 0 amide bonds. The molecule has 0 radical (unpaired) electrons. The SMILES string of the molecule is CNC(c1cnccc1C)C1CCOC2(CCSC2)C1. The van der Waals surface area contributed by atoms with Crippen molar-refractivity contribution in [3.8, 4) is 0 Å². The average Bonchev–Trinajstić information content (AvgIpc) is 2.90. The fourth-order valence-corrected chi connectivity index (χ4v) is 5.04. The number of aryl methyl sites for hydroxylation is 1. The van der Waals surface area contributed by atoms with Gasteiger partial charge in [-0.25, -0.2) is 0 Å². The van der Waals surface area contributed by atoms with Gasteiger partial charge in [0.25, 0.3) is 0 Å². The summed E-state index contributed by atoms with van der Waals surface area (Å²) < 4.78 is 6.15. The molecule has 1 aromatic heterocycles. The number of nitrogens with zero attached hydrogens (tertiary/aromatic N) is 1. The van der Waals surface area contributed by atoms with Gasteiger partial charge < -0.3 is 10.1 Å². The fourth-order valence-electron chi connectivity index (χ4n) is 3.66. The van der Waals surface area contributed by atoms with Crippen molar-refractivity contribution in [3.63, 3.8) is 0 Å². The molecule has 0 saturated carbocycles. The highest BCUT2D eigenvalue weighted by molar-refractivity contribution is 7.99. The molecule has 1 N–H and O–H groups in total. The van der Waals surface area contributed by atoms with Gasteiger partial charge in [-0.2, -0.15) is 11.8 Å². The summed E-state index contributed by atoms with van der Waals surface area (Å²) in [6.45, 7) is 3.09. The molecule has 2 saturated heterocycles. The van der Waals surface area contributed by atoms with Gasteiger partial charge in [-0.05, 0) is 62.1 Å². The van der Waals surface area contributed by atoms with Crippen LogP contribution in [0.3, 0.4) is 0 Å². The van der Waals surface area contributed by atoms with E-state index in [1.165, 1.54) is 35.5 Å². The van der Waals surface area contributed by atoms with Crippen LogP contribution in [0.15, 0.2) is 18.5 Å². The molecule has 1 aromatic rings. The van der Waals surface area contributed by atoms with E-state index in [0.29, 0.717) is 12.0 Å². The summed E-state index contributed by atoms with van der Waals surface area (Å²) in [6, 6.07) is 2.51. The second-order valence-electron chi connectivity index (χ2n) is 6.09. The van der Waals surface area contributed by atoms with E-state index in [1.807, 2.05) is 24.2 Å².